The Hall–Kier alpha value is -1.05. The van der Waals surface area contributed by atoms with Gasteiger partial charge in [0, 0.05) is 39.3 Å². The highest BCUT2D eigenvalue weighted by Crippen LogP contribution is 2.03. The molecule has 1 fully saturated rings. The number of piperazine rings is 1. The van der Waals surface area contributed by atoms with Crippen molar-refractivity contribution in [3.8, 4) is 0 Å². The van der Waals surface area contributed by atoms with Gasteiger partial charge in [0.05, 0.1) is 13.6 Å². The van der Waals surface area contributed by atoms with Crippen molar-refractivity contribution in [2.24, 2.45) is 12.8 Å². The van der Waals surface area contributed by atoms with Gasteiger partial charge in [-0.3, -0.25) is 9.80 Å². The van der Waals surface area contributed by atoms with Gasteiger partial charge in [0.15, 0.2) is 5.82 Å². The van der Waals surface area contributed by atoms with Gasteiger partial charge in [-0.15, -0.1) is 10.2 Å². The first-order valence-corrected chi connectivity index (χ1v) is 5.65. The van der Waals surface area contributed by atoms with E-state index in [9.17, 15) is 0 Å². The van der Waals surface area contributed by atoms with Gasteiger partial charge < -0.3 is 5.73 Å². The van der Waals surface area contributed by atoms with E-state index in [4.69, 9.17) is 5.73 Å². The van der Waals surface area contributed by atoms with Crippen LogP contribution in [0.15, 0.2) is 0 Å². The third kappa shape index (κ3) is 2.97. The number of aromatic nitrogens is 4. The number of hydrogen-bond donors (Lipinski definition) is 1. The highest BCUT2D eigenvalue weighted by atomic mass is 15.6. The summed E-state index contributed by atoms with van der Waals surface area (Å²) in [4.78, 5) is 6.24. The second-order valence-corrected chi connectivity index (χ2v) is 4.10. The summed E-state index contributed by atoms with van der Waals surface area (Å²) in [6, 6.07) is 0. The summed E-state index contributed by atoms with van der Waals surface area (Å²) in [7, 11) is 1.79. The van der Waals surface area contributed by atoms with Crippen LogP contribution in [0.5, 0.6) is 0 Å². The minimum atomic E-state index is 0.742. The van der Waals surface area contributed by atoms with E-state index in [0.29, 0.717) is 0 Å². The van der Waals surface area contributed by atoms with E-state index in [-0.39, 0.29) is 0 Å². The summed E-state index contributed by atoms with van der Waals surface area (Å²) in [6.07, 6.45) is 0. The van der Waals surface area contributed by atoms with E-state index in [1.54, 1.807) is 7.05 Å². The molecule has 0 spiro atoms. The Morgan fingerprint density at radius 3 is 2.44 bits per heavy atom. The summed E-state index contributed by atoms with van der Waals surface area (Å²) >= 11 is 0. The largest absolute Gasteiger partial charge is 0.329 e. The average molecular weight is 225 g/mol. The second kappa shape index (κ2) is 5.33. The standard InChI is InChI=1S/C9H19N7/c1-14-12-9(11-13-14)8-16-6-4-15(3-2-10)5-7-16/h2-8,10H2,1H3. The maximum atomic E-state index is 5.53. The molecule has 0 aromatic carbocycles. The lowest BCUT2D eigenvalue weighted by Gasteiger charge is -2.33. The molecule has 0 amide bonds. The molecule has 2 rings (SSSR count). The quantitative estimate of drug-likeness (QED) is 0.657. The van der Waals surface area contributed by atoms with Gasteiger partial charge in [-0.25, -0.2) is 0 Å². The molecule has 7 nitrogen and oxygen atoms in total. The minimum absolute atomic E-state index is 0.742. The molecule has 0 bridgehead atoms. The smallest absolute Gasteiger partial charge is 0.188 e. The predicted molar refractivity (Wildman–Crippen MR) is 59.6 cm³/mol. The average Bonchev–Trinajstić information content (AvgIpc) is 2.67. The Morgan fingerprint density at radius 1 is 1.19 bits per heavy atom. The van der Waals surface area contributed by atoms with Crippen molar-refractivity contribution in [2.45, 2.75) is 6.54 Å². The van der Waals surface area contributed by atoms with Crippen LogP contribution in [0.1, 0.15) is 5.82 Å². The summed E-state index contributed by atoms with van der Waals surface area (Å²) in [5.41, 5.74) is 5.53. The lowest BCUT2D eigenvalue weighted by atomic mass is 10.3. The van der Waals surface area contributed by atoms with Crippen LogP contribution in [0.3, 0.4) is 0 Å². The molecule has 0 aliphatic carbocycles. The van der Waals surface area contributed by atoms with Crippen LogP contribution in [0.25, 0.3) is 0 Å². The molecule has 2 heterocycles. The van der Waals surface area contributed by atoms with E-state index >= 15 is 0 Å². The summed E-state index contributed by atoms with van der Waals surface area (Å²) in [5, 5.41) is 12.0. The first-order chi connectivity index (χ1) is 7.78. The normalized spacial score (nSPS) is 19.1. The zero-order chi connectivity index (χ0) is 11.4. The number of aryl methyl sites for hydroxylation is 1. The molecule has 1 saturated heterocycles. The summed E-state index contributed by atoms with van der Waals surface area (Å²) in [5.74, 6) is 0.801. The molecular weight excluding hydrogens is 206 g/mol. The minimum Gasteiger partial charge on any atom is -0.329 e. The van der Waals surface area contributed by atoms with Crippen molar-refractivity contribution in [3.05, 3.63) is 5.82 Å². The zero-order valence-corrected chi connectivity index (χ0v) is 9.71. The van der Waals surface area contributed by atoms with Crippen LogP contribution in [0, 0.1) is 0 Å². The third-order valence-corrected chi connectivity index (χ3v) is 2.83. The Labute approximate surface area is 95.2 Å². The van der Waals surface area contributed by atoms with Crippen LogP contribution in [-0.4, -0.2) is 69.3 Å². The van der Waals surface area contributed by atoms with Gasteiger partial charge in [-0.1, -0.05) is 0 Å². The lowest BCUT2D eigenvalue weighted by Crippen LogP contribution is -2.47. The number of rotatable bonds is 4. The Kier molecular flexibility index (Phi) is 3.81. The van der Waals surface area contributed by atoms with Gasteiger partial charge in [0.1, 0.15) is 0 Å². The third-order valence-electron chi connectivity index (χ3n) is 2.83. The second-order valence-electron chi connectivity index (χ2n) is 4.10. The molecule has 0 unspecified atom stereocenters. The van der Waals surface area contributed by atoms with Gasteiger partial charge in [-0.2, -0.15) is 4.80 Å². The highest BCUT2D eigenvalue weighted by molar-refractivity contribution is 4.80. The van der Waals surface area contributed by atoms with Crippen LogP contribution >= 0.6 is 0 Å². The van der Waals surface area contributed by atoms with Crippen LogP contribution in [0.4, 0.5) is 0 Å². The molecule has 1 aliphatic heterocycles. The molecule has 0 atom stereocenters. The molecule has 0 saturated carbocycles. The molecule has 0 radical (unpaired) electrons. The fraction of sp³-hybridized carbons (Fsp3) is 0.889. The van der Waals surface area contributed by atoms with Crippen LogP contribution in [0.2, 0.25) is 0 Å². The first-order valence-electron chi connectivity index (χ1n) is 5.65. The molecule has 1 aromatic rings. The Morgan fingerprint density at radius 2 is 1.88 bits per heavy atom. The fourth-order valence-electron chi connectivity index (χ4n) is 1.94. The molecule has 1 aliphatic rings. The van der Waals surface area contributed by atoms with Crippen molar-refractivity contribution < 1.29 is 0 Å². The number of hydrogen-bond acceptors (Lipinski definition) is 6. The van der Waals surface area contributed by atoms with Crippen molar-refractivity contribution in [3.63, 3.8) is 0 Å². The molecular formula is C9H19N7. The molecule has 2 N–H and O–H groups in total. The molecule has 1 aromatic heterocycles. The maximum absolute atomic E-state index is 5.53. The monoisotopic (exact) mass is 225 g/mol. The number of tetrazole rings is 1. The topological polar surface area (TPSA) is 76.1 Å². The summed E-state index contributed by atoms with van der Waals surface area (Å²) in [6.45, 7) is 6.80. The van der Waals surface area contributed by atoms with E-state index in [2.05, 4.69) is 25.2 Å². The van der Waals surface area contributed by atoms with Gasteiger partial charge in [0.25, 0.3) is 0 Å². The van der Waals surface area contributed by atoms with Gasteiger partial charge in [0.2, 0.25) is 0 Å². The van der Waals surface area contributed by atoms with Crippen LogP contribution in [-0.2, 0) is 13.6 Å². The Balaban J connectivity index is 1.77. The van der Waals surface area contributed by atoms with E-state index in [1.165, 1.54) is 4.80 Å². The Bertz CT molecular complexity index is 315. The van der Waals surface area contributed by atoms with E-state index in [0.717, 1.165) is 51.6 Å². The number of nitrogens with two attached hydrogens (primary N) is 1. The van der Waals surface area contributed by atoms with Crippen molar-refractivity contribution in [1.82, 2.24) is 30.0 Å². The van der Waals surface area contributed by atoms with Gasteiger partial charge in [-0.05, 0) is 5.21 Å². The lowest BCUT2D eigenvalue weighted by molar-refractivity contribution is 0.127. The highest BCUT2D eigenvalue weighted by Gasteiger charge is 2.17. The van der Waals surface area contributed by atoms with Crippen molar-refractivity contribution in [1.29, 1.82) is 0 Å². The predicted octanol–water partition coefficient (Wildman–Crippen LogP) is -1.71. The SMILES string of the molecule is Cn1nnc(CN2CCN(CCN)CC2)n1. The molecule has 16 heavy (non-hydrogen) atoms. The fourth-order valence-corrected chi connectivity index (χ4v) is 1.94. The van der Waals surface area contributed by atoms with E-state index in [1.807, 2.05) is 0 Å². The van der Waals surface area contributed by atoms with E-state index < -0.39 is 0 Å². The molecule has 90 valence electrons. The molecule has 7 heteroatoms. The van der Waals surface area contributed by atoms with Crippen molar-refractivity contribution >= 4 is 0 Å². The zero-order valence-electron chi connectivity index (χ0n) is 9.71. The number of nitrogens with zero attached hydrogens (tertiary/aromatic N) is 6. The van der Waals surface area contributed by atoms with Gasteiger partial charge >= 0.3 is 0 Å². The maximum Gasteiger partial charge on any atom is 0.188 e. The van der Waals surface area contributed by atoms with Crippen molar-refractivity contribution in [2.75, 3.05) is 39.3 Å². The van der Waals surface area contributed by atoms with Crippen LogP contribution < -0.4 is 5.73 Å². The first kappa shape index (κ1) is 11.4. The summed E-state index contributed by atoms with van der Waals surface area (Å²) < 4.78 is 0.